The molecule has 9 heteroatoms. The van der Waals surface area contributed by atoms with Gasteiger partial charge in [0.2, 0.25) is 0 Å². The van der Waals surface area contributed by atoms with E-state index in [9.17, 15) is 18.0 Å². The van der Waals surface area contributed by atoms with Crippen molar-refractivity contribution in [3.63, 3.8) is 0 Å². The second-order valence-corrected chi connectivity index (χ2v) is 4.98. The van der Waals surface area contributed by atoms with Crippen LogP contribution in [0.25, 0.3) is 10.9 Å². The Morgan fingerprint density at radius 1 is 1.33 bits per heavy atom. The van der Waals surface area contributed by atoms with Gasteiger partial charge in [0.25, 0.3) is 5.91 Å². The van der Waals surface area contributed by atoms with Crippen molar-refractivity contribution in [3.8, 4) is 0 Å². The minimum atomic E-state index is -4.45. The fourth-order valence-electron chi connectivity index (χ4n) is 2.18. The van der Waals surface area contributed by atoms with Crippen LogP contribution in [-0.2, 0) is 17.5 Å². The molecule has 0 aliphatic carbocycles. The van der Waals surface area contributed by atoms with Gasteiger partial charge in [-0.25, -0.2) is 0 Å². The van der Waals surface area contributed by atoms with Gasteiger partial charge in [0.05, 0.1) is 11.1 Å². The molecule has 6 nitrogen and oxygen atoms in total. The van der Waals surface area contributed by atoms with Crippen molar-refractivity contribution >= 4 is 22.6 Å². The number of H-pyrrole nitrogens is 1. The van der Waals surface area contributed by atoms with Gasteiger partial charge in [0, 0.05) is 12.5 Å². The molecule has 0 aliphatic heterocycles. The summed E-state index contributed by atoms with van der Waals surface area (Å²) in [5.74, 6) is 0.0773. The molecule has 0 saturated heterocycles. The van der Waals surface area contributed by atoms with Gasteiger partial charge in [0.1, 0.15) is 12.4 Å². The third-order valence-corrected chi connectivity index (χ3v) is 3.29. The molecule has 3 aromatic rings. The second-order valence-electron chi connectivity index (χ2n) is 4.98. The van der Waals surface area contributed by atoms with E-state index < -0.39 is 17.6 Å². The number of rotatable bonds is 4. The highest BCUT2D eigenvalue weighted by Gasteiger charge is 2.31. The predicted molar refractivity (Wildman–Crippen MR) is 78.5 cm³/mol. The number of furan rings is 1. The number of fused-ring (bicyclic) bond motifs is 1. The molecule has 2 heterocycles. The fourth-order valence-corrected chi connectivity index (χ4v) is 2.18. The van der Waals surface area contributed by atoms with Gasteiger partial charge in [-0.15, -0.1) is 0 Å². The molecular formula is C15H12F3N3O3. The Balaban J connectivity index is 1.83. The van der Waals surface area contributed by atoms with Crippen molar-refractivity contribution in [1.82, 2.24) is 10.2 Å². The summed E-state index contributed by atoms with van der Waals surface area (Å²) in [6, 6.07) is 6.17. The number of nitrogens with zero attached hydrogens (tertiary/aromatic N) is 1. The first-order chi connectivity index (χ1) is 11.4. The number of carbonyl (C=O) groups excluding carboxylic acids is 1. The summed E-state index contributed by atoms with van der Waals surface area (Å²) in [5.41, 5.74) is -0.633. The smallest absolute Gasteiger partial charge is 0.416 e. The number of amides is 1. The average molecular weight is 339 g/mol. The molecule has 126 valence electrons. The van der Waals surface area contributed by atoms with Crippen LogP contribution < -0.4 is 5.32 Å². The molecule has 0 fully saturated rings. The first-order valence-electron chi connectivity index (χ1n) is 6.83. The molecule has 0 spiro atoms. The van der Waals surface area contributed by atoms with Gasteiger partial charge >= 0.3 is 6.18 Å². The molecule has 1 amide bonds. The number of hydrogen-bond acceptors (Lipinski definition) is 4. The number of hydrogen-bond donors (Lipinski definition) is 2. The Morgan fingerprint density at radius 2 is 2.12 bits per heavy atom. The van der Waals surface area contributed by atoms with Gasteiger partial charge in [-0.05, 0) is 30.3 Å². The van der Waals surface area contributed by atoms with Crippen LogP contribution in [0, 0.1) is 0 Å². The number of anilines is 1. The molecule has 1 aromatic carbocycles. The van der Waals surface area contributed by atoms with Gasteiger partial charge in [-0.1, -0.05) is 0 Å². The van der Waals surface area contributed by atoms with Crippen LogP contribution >= 0.6 is 0 Å². The zero-order valence-corrected chi connectivity index (χ0v) is 12.4. The summed E-state index contributed by atoms with van der Waals surface area (Å²) < 4.78 is 48.3. The van der Waals surface area contributed by atoms with Gasteiger partial charge in [-0.3, -0.25) is 9.89 Å². The highest BCUT2D eigenvalue weighted by Crippen LogP contribution is 2.32. The van der Waals surface area contributed by atoms with E-state index in [2.05, 4.69) is 15.5 Å². The lowest BCUT2D eigenvalue weighted by molar-refractivity contribution is -0.137. The summed E-state index contributed by atoms with van der Waals surface area (Å²) >= 11 is 0. The Morgan fingerprint density at radius 3 is 2.83 bits per heavy atom. The molecule has 0 aliphatic rings. The molecule has 0 unspecified atom stereocenters. The van der Waals surface area contributed by atoms with Crippen LogP contribution in [0.3, 0.4) is 0 Å². The monoisotopic (exact) mass is 339 g/mol. The van der Waals surface area contributed by atoms with Crippen molar-refractivity contribution < 1.29 is 27.1 Å². The van der Waals surface area contributed by atoms with Crippen molar-refractivity contribution in [2.75, 3.05) is 12.4 Å². The van der Waals surface area contributed by atoms with Gasteiger partial charge < -0.3 is 14.5 Å². The normalized spacial score (nSPS) is 11.8. The van der Waals surface area contributed by atoms with E-state index in [1.165, 1.54) is 19.2 Å². The number of aromatic amines is 1. The number of carbonyl (C=O) groups is 1. The van der Waals surface area contributed by atoms with E-state index >= 15 is 0 Å². The van der Waals surface area contributed by atoms with Crippen LogP contribution in [0.15, 0.2) is 34.7 Å². The van der Waals surface area contributed by atoms with Crippen molar-refractivity contribution in [2.24, 2.45) is 0 Å². The lowest BCUT2D eigenvalue weighted by atomic mass is 10.1. The predicted octanol–water partition coefficient (Wildman–Crippen LogP) is 3.57. The summed E-state index contributed by atoms with van der Waals surface area (Å²) in [6.45, 7) is 0.221. The van der Waals surface area contributed by atoms with Crippen LogP contribution in [0.5, 0.6) is 0 Å². The minimum Gasteiger partial charge on any atom is -0.453 e. The largest absolute Gasteiger partial charge is 0.453 e. The maximum absolute atomic E-state index is 12.7. The molecule has 0 radical (unpaired) electrons. The molecule has 0 atom stereocenters. The SMILES string of the molecule is COCc1ccc(C(=O)Nc2n[nH]c3cc(C(F)(F)F)ccc23)o1. The third-order valence-electron chi connectivity index (χ3n) is 3.29. The number of benzene rings is 1. The number of alkyl halides is 3. The van der Waals surface area contributed by atoms with Crippen molar-refractivity contribution in [1.29, 1.82) is 0 Å². The Hall–Kier alpha value is -2.81. The standard InChI is InChI=1S/C15H12F3N3O3/c1-23-7-9-3-5-12(24-9)14(22)19-13-10-4-2-8(15(16,17)18)6-11(10)20-21-13/h2-6H,7H2,1H3,(H2,19,20,21,22). The number of ether oxygens (including phenoxy) is 1. The highest BCUT2D eigenvalue weighted by atomic mass is 19.4. The van der Waals surface area contributed by atoms with Crippen LogP contribution in [-0.4, -0.2) is 23.2 Å². The summed E-state index contributed by atoms with van der Waals surface area (Å²) in [5, 5.41) is 9.16. The molecule has 3 rings (SSSR count). The fraction of sp³-hybridized carbons (Fsp3) is 0.200. The third kappa shape index (κ3) is 3.11. The first-order valence-corrected chi connectivity index (χ1v) is 6.83. The number of halogens is 3. The van der Waals surface area contributed by atoms with Crippen molar-refractivity contribution in [2.45, 2.75) is 12.8 Å². The summed E-state index contributed by atoms with van der Waals surface area (Å²) in [7, 11) is 1.49. The lowest BCUT2D eigenvalue weighted by Crippen LogP contribution is -2.11. The summed E-state index contributed by atoms with van der Waals surface area (Å²) in [4.78, 5) is 12.1. The first kappa shape index (κ1) is 16.1. The maximum atomic E-state index is 12.7. The van der Waals surface area contributed by atoms with E-state index in [1.807, 2.05) is 0 Å². The zero-order valence-electron chi connectivity index (χ0n) is 12.4. The van der Waals surface area contributed by atoms with Gasteiger partial charge in [0.15, 0.2) is 11.6 Å². The number of methoxy groups -OCH3 is 1. The van der Waals surface area contributed by atoms with Crippen molar-refractivity contribution in [3.05, 3.63) is 47.4 Å². The van der Waals surface area contributed by atoms with E-state index in [0.29, 0.717) is 11.1 Å². The van der Waals surface area contributed by atoms with E-state index in [-0.39, 0.29) is 23.7 Å². The molecule has 2 N–H and O–H groups in total. The second kappa shape index (κ2) is 6.00. The maximum Gasteiger partial charge on any atom is 0.416 e. The van der Waals surface area contributed by atoms with Crippen LogP contribution in [0.4, 0.5) is 19.0 Å². The number of aromatic nitrogens is 2. The van der Waals surface area contributed by atoms with E-state index in [0.717, 1.165) is 12.1 Å². The van der Waals surface area contributed by atoms with Gasteiger partial charge in [-0.2, -0.15) is 18.3 Å². The minimum absolute atomic E-state index is 0.0464. The Bertz CT molecular complexity index is 883. The molecule has 2 aromatic heterocycles. The molecule has 0 saturated carbocycles. The van der Waals surface area contributed by atoms with E-state index in [4.69, 9.17) is 9.15 Å². The zero-order chi connectivity index (χ0) is 17.3. The summed E-state index contributed by atoms with van der Waals surface area (Å²) in [6.07, 6.45) is -4.45. The highest BCUT2D eigenvalue weighted by molar-refractivity contribution is 6.06. The Kier molecular flexibility index (Phi) is 4.02. The topological polar surface area (TPSA) is 80.1 Å². The molecule has 0 bridgehead atoms. The quantitative estimate of drug-likeness (QED) is 0.761. The average Bonchev–Trinajstić information content (AvgIpc) is 3.14. The van der Waals surface area contributed by atoms with Crippen LogP contribution in [0.2, 0.25) is 0 Å². The Labute approximate surface area is 133 Å². The lowest BCUT2D eigenvalue weighted by Gasteiger charge is -2.06. The van der Waals surface area contributed by atoms with Crippen LogP contribution in [0.1, 0.15) is 21.9 Å². The molecule has 24 heavy (non-hydrogen) atoms. The number of nitrogens with one attached hydrogen (secondary N) is 2. The van der Waals surface area contributed by atoms with E-state index in [1.54, 1.807) is 6.07 Å². The molecular weight excluding hydrogens is 327 g/mol.